The van der Waals surface area contributed by atoms with Crippen molar-refractivity contribution in [2.24, 2.45) is 5.92 Å². The van der Waals surface area contributed by atoms with Gasteiger partial charge in [0.05, 0.1) is 5.92 Å². The van der Waals surface area contributed by atoms with E-state index in [1.54, 1.807) is 0 Å². The summed E-state index contributed by atoms with van der Waals surface area (Å²) in [5.41, 5.74) is 1.35. The average Bonchev–Trinajstić information content (AvgIpc) is 2.36. The molecule has 0 spiro atoms. The Morgan fingerprint density at radius 2 is 2.27 bits per heavy atom. The van der Waals surface area contributed by atoms with Gasteiger partial charge in [0.15, 0.2) is 0 Å². The molecule has 0 bridgehead atoms. The fraction of sp³-hybridized carbons (Fsp3) is 0.545. The van der Waals surface area contributed by atoms with Crippen LogP contribution in [0.4, 0.5) is 0 Å². The Labute approximate surface area is 93.3 Å². The van der Waals surface area contributed by atoms with Crippen molar-refractivity contribution >= 4 is 17.3 Å². The van der Waals surface area contributed by atoms with Crippen molar-refractivity contribution in [2.45, 2.75) is 20.4 Å². The van der Waals surface area contributed by atoms with E-state index in [0.29, 0.717) is 13.1 Å². The lowest BCUT2D eigenvalue weighted by Crippen LogP contribution is -2.49. The number of nitrogens with zero attached hydrogens (tertiary/aromatic N) is 1. The molecule has 1 aromatic rings. The molecule has 3 nitrogen and oxygen atoms in total. The number of carbonyl (C=O) groups is 1. The number of aryl methyl sites for hydroxylation is 2. The second-order valence-electron chi connectivity index (χ2n) is 4.17. The highest BCUT2D eigenvalue weighted by Gasteiger charge is 2.32. The number of hydrogen-bond donors (Lipinski definition) is 1. The van der Waals surface area contributed by atoms with E-state index in [4.69, 9.17) is 5.11 Å². The van der Waals surface area contributed by atoms with Gasteiger partial charge in [0.25, 0.3) is 0 Å². The van der Waals surface area contributed by atoms with Crippen LogP contribution in [0.5, 0.6) is 0 Å². The maximum atomic E-state index is 10.6. The fourth-order valence-electron chi connectivity index (χ4n) is 1.94. The van der Waals surface area contributed by atoms with Crippen LogP contribution in [0.1, 0.15) is 15.3 Å². The summed E-state index contributed by atoms with van der Waals surface area (Å²) in [7, 11) is 0. The summed E-state index contributed by atoms with van der Waals surface area (Å²) >= 11 is 1.81. The van der Waals surface area contributed by atoms with Crippen LogP contribution < -0.4 is 0 Å². The number of hydrogen-bond acceptors (Lipinski definition) is 3. The molecule has 1 aliphatic rings. The normalized spacial score (nSPS) is 17.7. The van der Waals surface area contributed by atoms with Crippen LogP contribution in [0.3, 0.4) is 0 Å². The largest absolute Gasteiger partial charge is 0.481 e. The van der Waals surface area contributed by atoms with Gasteiger partial charge in [-0.15, -0.1) is 11.3 Å². The Bertz CT molecular complexity index is 380. The summed E-state index contributed by atoms with van der Waals surface area (Å²) in [6, 6.07) is 2.20. The van der Waals surface area contributed by atoms with Gasteiger partial charge in [-0.2, -0.15) is 0 Å². The molecule has 0 radical (unpaired) electrons. The zero-order valence-electron chi connectivity index (χ0n) is 8.99. The summed E-state index contributed by atoms with van der Waals surface area (Å²) in [5, 5.41) is 8.75. The second-order valence-corrected chi connectivity index (χ2v) is 5.63. The molecule has 2 rings (SSSR count). The molecule has 1 aliphatic heterocycles. The zero-order chi connectivity index (χ0) is 11.0. The van der Waals surface area contributed by atoms with Gasteiger partial charge in [0.1, 0.15) is 0 Å². The number of likely N-dealkylation sites (tertiary alicyclic amines) is 1. The highest BCUT2D eigenvalue weighted by molar-refractivity contribution is 7.12. The van der Waals surface area contributed by atoms with Crippen molar-refractivity contribution in [3.63, 3.8) is 0 Å². The summed E-state index contributed by atoms with van der Waals surface area (Å²) < 4.78 is 0. The van der Waals surface area contributed by atoms with Gasteiger partial charge in [-0.3, -0.25) is 9.69 Å². The quantitative estimate of drug-likeness (QED) is 0.854. The van der Waals surface area contributed by atoms with Crippen LogP contribution in [0, 0.1) is 19.8 Å². The molecule has 2 heterocycles. The number of rotatable bonds is 3. The molecule has 1 fully saturated rings. The molecule has 0 unspecified atom stereocenters. The first kappa shape index (κ1) is 10.6. The Hall–Kier alpha value is -0.870. The standard InChI is InChI=1S/C11H15NO2S/c1-7-3-9(8(2)15-7)4-12-5-10(6-12)11(13)14/h3,10H,4-6H2,1-2H3,(H,13,14). The monoisotopic (exact) mass is 225 g/mol. The van der Waals surface area contributed by atoms with Crippen LogP contribution in [0.15, 0.2) is 6.07 Å². The van der Waals surface area contributed by atoms with Gasteiger partial charge >= 0.3 is 5.97 Å². The van der Waals surface area contributed by atoms with Gasteiger partial charge in [0, 0.05) is 29.4 Å². The van der Waals surface area contributed by atoms with E-state index in [2.05, 4.69) is 24.8 Å². The summed E-state index contributed by atoms with van der Waals surface area (Å²) in [5.74, 6) is -0.811. The van der Waals surface area contributed by atoms with Crippen LogP contribution in [0.25, 0.3) is 0 Å². The number of thiophene rings is 1. The molecule has 0 aromatic carbocycles. The highest BCUT2D eigenvalue weighted by atomic mass is 32.1. The molecule has 15 heavy (non-hydrogen) atoms. The lowest BCUT2D eigenvalue weighted by Gasteiger charge is -2.36. The van der Waals surface area contributed by atoms with E-state index in [9.17, 15) is 4.79 Å². The predicted molar refractivity (Wildman–Crippen MR) is 60.2 cm³/mol. The van der Waals surface area contributed by atoms with Crippen LogP contribution in [-0.4, -0.2) is 29.1 Å². The molecule has 0 atom stereocenters. The molecular weight excluding hydrogens is 210 g/mol. The van der Waals surface area contributed by atoms with E-state index in [-0.39, 0.29) is 5.92 Å². The van der Waals surface area contributed by atoms with E-state index in [0.717, 1.165) is 6.54 Å². The van der Waals surface area contributed by atoms with Crippen molar-refractivity contribution in [2.75, 3.05) is 13.1 Å². The molecule has 1 N–H and O–H groups in total. The van der Waals surface area contributed by atoms with E-state index in [1.807, 2.05) is 11.3 Å². The Balaban J connectivity index is 1.90. The molecular formula is C11H15NO2S. The van der Waals surface area contributed by atoms with Crippen molar-refractivity contribution in [3.8, 4) is 0 Å². The minimum absolute atomic E-state index is 0.148. The summed E-state index contributed by atoms with van der Waals surface area (Å²) in [6.45, 7) is 6.53. The Morgan fingerprint density at radius 3 is 2.73 bits per heavy atom. The maximum absolute atomic E-state index is 10.6. The second kappa shape index (κ2) is 3.94. The van der Waals surface area contributed by atoms with Crippen LogP contribution >= 0.6 is 11.3 Å². The summed E-state index contributed by atoms with van der Waals surface area (Å²) in [4.78, 5) is 15.5. The van der Waals surface area contributed by atoms with E-state index >= 15 is 0 Å². The zero-order valence-corrected chi connectivity index (χ0v) is 9.80. The first-order valence-corrected chi connectivity index (χ1v) is 5.89. The van der Waals surface area contributed by atoms with Crippen LogP contribution in [0.2, 0.25) is 0 Å². The first-order valence-electron chi connectivity index (χ1n) is 5.07. The lowest BCUT2D eigenvalue weighted by molar-refractivity contribution is -0.147. The third kappa shape index (κ3) is 2.21. The SMILES string of the molecule is Cc1cc(CN2CC(C(=O)O)C2)c(C)s1. The van der Waals surface area contributed by atoms with Gasteiger partial charge in [-0.05, 0) is 25.5 Å². The van der Waals surface area contributed by atoms with Gasteiger partial charge in [-0.25, -0.2) is 0 Å². The van der Waals surface area contributed by atoms with Gasteiger partial charge in [0.2, 0.25) is 0 Å². The van der Waals surface area contributed by atoms with Crippen LogP contribution in [-0.2, 0) is 11.3 Å². The fourth-order valence-corrected chi connectivity index (χ4v) is 2.88. The molecule has 0 aliphatic carbocycles. The smallest absolute Gasteiger partial charge is 0.309 e. The van der Waals surface area contributed by atoms with E-state index < -0.39 is 5.97 Å². The topological polar surface area (TPSA) is 40.5 Å². The lowest BCUT2D eigenvalue weighted by atomic mass is 10.00. The molecule has 82 valence electrons. The number of aliphatic carboxylic acids is 1. The molecule has 0 amide bonds. The minimum Gasteiger partial charge on any atom is -0.481 e. The Morgan fingerprint density at radius 1 is 1.60 bits per heavy atom. The molecule has 1 aromatic heterocycles. The highest BCUT2D eigenvalue weighted by Crippen LogP contribution is 2.25. The number of carboxylic acids is 1. The van der Waals surface area contributed by atoms with Crippen molar-refractivity contribution < 1.29 is 9.90 Å². The van der Waals surface area contributed by atoms with Crippen molar-refractivity contribution in [1.29, 1.82) is 0 Å². The minimum atomic E-state index is -0.663. The maximum Gasteiger partial charge on any atom is 0.309 e. The predicted octanol–water partition coefficient (Wildman–Crippen LogP) is 1.88. The number of carboxylic acid groups (broad SMARTS) is 1. The third-order valence-corrected chi connectivity index (χ3v) is 3.85. The molecule has 0 saturated carbocycles. The van der Waals surface area contributed by atoms with Gasteiger partial charge in [-0.1, -0.05) is 0 Å². The van der Waals surface area contributed by atoms with Crippen molar-refractivity contribution in [1.82, 2.24) is 4.90 Å². The molecule has 4 heteroatoms. The average molecular weight is 225 g/mol. The van der Waals surface area contributed by atoms with Crippen molar-refractivity contribution in [3.05, 3.63) is 21.4 Å². The van der Waals surface area contributed by atoms with E-state index in [1.165, 1.54) is 15.3 Å². The third-order valence-electron chi connectivity index (χ3n) is 2.84. The first-order chi connectivity index (χ1) is 7.06. The summed E-state index contributed by atoms with van der Waals surface area (Å²) in [6.07, 6.45) is 0. The Kier molecular flexibility index (Phi) is 2.80. The molecule has 1 saturated heterocycles. The van der Waals surface area contributed by atoms with Gasteiger partial charge < -0.3 is 5.11 Å².